The smallest absolute Gasteiger partial charge is 0.119 e. The zero-order chi connectivity index (χ0) is 7.40. The molecule has 0 saturated heterocycles. The highest BCUT2D eigenvalue weighted by atomic mass is 32.1. The second kappa shape index (κ2) is 4.91. The molecule has 0 radical (unpaired) electrons. The van der Waals surface area contributed by atoms with Gasteiger partial charge in [0.1, 0.15) is 11.5 Å². The molecule has 11 heavy (non-hydrogen) atoms. The zero-order valence-corrected chi connectivity index (χ0v) is 7.37. The molecule has 0 amide bonds. The third-order valence-corrected chi connectivity index (χ3v) is 1.15. The molecule has 2 nitrogen and oxygen atoms in total. The molecule has 0 aliphatic carbocycles. The van der Waals surface area contributed by atoms with Gasteiger partial charge in [0.15, 0.2) is 0 Å². The van der Waals surface area contributed by atoms with Gasteiger partial charge in [-0.25, -0.2) is 0 Å². The van der Waals surface area contributed by atoms with Crippen LogP contribution in [-0.2, 0) is 0 Å². The highest BCUT2D eigenvalue weighted by molar-refractivity contribution is 7.59. The van der Waals surface area contributed by atoms with Crippen LogP contribution >= 0.6 is 13.5 Å². The van der Waals surface area contributed by atoms with Gasteiger partial charge >= 0.3 is 0 Å². The minimum atomic E-state index is 0. The molecular formula is C8H12O2S. The zero-order valence-electron chi connectivity index (χ0n) is 6.37. The molecule has 0 aliphatic heterocycles. The van der Waals surface area contributed by atoms with Crippen LogP contribution in [0.2, 0.25) is 0 Å². The lowest BCUT2D eigenvalue weighted by atomic mass is 10.3. The summed E-state index contributed by atoms with van der Waals surface area (Å²) in [6.45, 7) is 2.58. The highest BCUT2D eigenvalue weighted by Gasteiger charge is 1.89. The number of ether oxygens (including phenoxy) is 1. The van der Waals surface area contributed by atoms with E-state index in [1.165, 1.54) is 0 Å². The average molecular weight is 172 g/mol. The normalized spacial score (nSPS) is 8.45. The second-order valence-corrected chi connectivity index (χ2v) is 1.93. The van der Waals surface area contributed by atoms with Crippen molar-refractivity contribution in [3.8, 4) is 11.5 Å². The molecule has 0 saturated carbocycles. The van der Waals surface area contributed by atoms with E-state index in [1.807, 2.05) is 6.92 Å². The summed E-state index contributed by atoms with van der Waals surface area (Å²) in [5.41, 5.74) is 0. The maximum Gasteiger partial charge on any atom is 0.119 e. The van der Waals surface area contributed by atoms with Crippen molar-refractivity contribution < 1.29 is 9.84 Å². The highest BCUT2D eigenvalue weighted by Crippen LogP contribution is 2.15. The SMILES string of the molecule is CCOc1ccc(O)cc1.S. The molecule has 0 fully saturated rings. The van der Waals surface area contributed by atoms with Crippen molar-refractivity contribution in [2.75, 3.05) is 6.61 Å². The largest absolute Gasteiger partial charge is 0.508 e. The summed E-state index contributed by atoms with van der Waals surface area (Å²) in [6, 6.07) is 6.67. The van der Waals surface area contributed by atoms with Crippen molar-refractivity contribution in [1.29, 1.82) is 0 Å². The van der Waals surface area contributed by atoms with Gasteiger partial charge in [-0.05, 0) is 31.2 Å². The Balaban J connectivity index is 0.000001000. The summed E-state index contributed by atoms with van der Waals surface area (Å²) in [6.07, 6.45) is 0. The van der Waals surface area contributed by atoms with Gasteiger partial charge in [0.2, 0.25) is 0 Å². The van der Waals surface area contributed by atoms with E-state index in [4.69, 9.17) is 9.84 Å². The third kappa shape index (κ3) is 3.18. The van der Waals surface area contributed by atoms with Crippen molar-refractivity contribution in [1.82, 2.24) is 0 Å². The van der Waals surface area contributed by atoms with Gasteiger partial charge in [0.25, 0.3) is 0 Å². The summed E-state index contributed by atoms with van der Waals surface area (Å²) < 4.78 is 5.15. The minimum absolute atomic E-state index is 0. The second-order valence-electron chi connectivity index (χ2n) is 1.93. The summed E-state index contributed by atoms with van der Waals surface area (Å²) in [5, 5.41) is 8.87. The molecule has 0 heterocycles. The van der Waals surface area contributed by atoms with Crippen molar-refractivity contribution >= 4 is 13.5 Å². The Kier molecular flexibility index (Phi) is 4.54. The first-order valence-corrected chi connectivity index (χ1v) is 3.24. The van der Waals surface area contributed by atoms with Crippen LogP contribution < -0.4 is 4.74 Å². The van der Waals surface area contributed by atoms with Crippen LogP contribution in [0, 0.1) is 0 Å². The van der Waals surface area contributed by atoms with Crippen LogP contribution in [0.25, 0.3) is 0 Å². The number of phenols is 1. The predicted molar refractivity (Wildman–Crippen MR) is 49.7 cm³/mol. The Bertz CT molecular complexity index is 196. The van der Waals surface area contributed by atoms with Gasteiger partial charge < -0.3 is 9.84 Å². The van der Waals surface area contributed by atoms with Gasteiger partial charge in [-0.2, -0.15) is 13.5 Å². The van der Waals surface area contributed by atoms with Crippen molar-refractivity contribution in [2.45, 2.75) is 6.92 Å². The Morgan fingerprint density at radius 3 is 2.27 bits per heavy atom. The number of rotatable bonds is 2. The number of benzene rings is 1. The van der Waals surface area contributed by atoms with Crippen molar-refractivity contribution in [3.05, 3.63) is 24.3 Å². The maximum atomic E-state index is 8.87. The molecule has 1 rings (SSSR count). The van der Waals surface area contributed by atoms with E-state index in [-0.39, 0.29) is 19.2 Å². The number of phenolic OH excluding ortho intramolecular Hbond substituents is 1. The summed E-state index contributed by atoms with van der Waals surface area (Å²) >= 11 is 0. The van der Waals surface area contributed by atoms with Gasteiger partial charge in [-0.15, -0.1) is 0 Å². The summed E-state index contributed by atoms with van der Waals surface area (Å²) in [5.74, 6) is 1.06. The molecule has 0 bridgehead atoms. The van der Waals surface area contributed by atoms with E-state index < -0.39 is 0 Å². The Labute approximate surface area is 73.3 Å². The van der Waals surface area contributed by atoms with Crippen LogP contribution in [0.4, 0.5) is 0 Å². The molecule has 3 heteroatoms. The van der Waals surface area contributed by atoms with E-state index in [0.29, 0.717) is 6.61 Å². The first-order valence-electron chi connectivity index (χ1n) is 3.24. The van der Waals surface area contributed by atoms with Gasteiger partial charge in [0, 0.05) is 0 Å². The van der Waals surface area contributed by atoms with E-state index in [9.17, 15) is 0 Å². The predicted octanol–water partition coefficient (Wildman–Crippen LogP) is 1.90. The maximum absolute atomic E-state index is 8.87. The topological polar surface area (TPSA) is 29.5 Å². The lowest BCUT2D eigenvalue weighted by Crippen LogP contribution is -1.89. The fourth-order valence-corrected chi connectivity index (χ4v) is 0.709. The van der Waals surface area contributed by atoms with E-state index in [0.717, 1.165) is 5.75 Å². The Hall–Kier alpha value is -0.830. The molecule has 0 aromatic heterocycles. The van der Waals surface area contributed by atoms with Crippen LogP contribution in [0.15, 0.2) is 24.3 Å². The van der Waals surface area contributed by atoms with Crippen LogP contribution in [0.1, 0.15) is 6.92 Å². The van der Waals surface area contributed by atoms with E-state index in [1.54, 1.807) is 24.3 Å². The minimum Gasteiger partial charge on any atom is -0.508 e. The summed E-state index contributed by atoms with van der Waals surface area (Å²) in [7, 11) is 0. The first-order chi connectivity index (χ1) is 4.83. The van der Waals surface area contributed by atoms with Gasteiger partial charge in [-0.1, -0.05) is 0 Å². The first kappa shape index (κ1) is 10.2. The number of aromatic hydroxyl groups is 1. The molecule has 0 aliphatic rings. The van der Waals surface area contributed by atoms with Crippen LogP contribution in [-0.4, -0.2) is 11.7 Å². The lowest BCUT2D eigenvalue weighted by molar-refractivity contribution is 0.339. The lowest BCUT2D eigenvalue weighted by Gasteiger charge is -2.00. The van der Waals surface area contributed by atoms with Gasteiger partial charge in [-0.3, -0.25) is 0 Å². The van der Waals surface area contributed by atoms with Gasteiger partial charge in [0.05, 0.1) is 6.61 Å². The third-order valence-electron chi connectivity index (χ3n) is 1.15. The van der Waals surface area contributed by atoms with Crippen LogP contribution in [0.5, 0.6) is 11.5 Å². The molecule has 1 N–H and O–H groups in total. The average Bonchev–Trinajstić information content (AvgIpc) is 1.95. The molecule has 0 atom stereocenters. The van der Waals surface area contributed by atoms with E-state index >= 15 is 0 Å². The quantitative estimate of drug-likeness (QED) is 0.738. The molecule has 1 aromatic carbocycles. The molecule has 62 valence electrons. The van der Waals surface area contributed by atoms with E-state index in [2.05, 4.69) is 0 Å². The van der Waals surface area contributed by atoms with Crippen LogP contribution in [0.3, 0.4) is 0 Å². The van der Waals surface area contributed by atoms with Crippen molar-refractivity contribution in [3.63, 3.8) is 0 Å². The number of hydrogen-bond donors (Lipinski definition) is 1. The fraction of sp³-hybridized carbons (Fsp3) is 0.250. The Morgan fingerprint density at radius 2 is 1.82 bits per heavy atom. The molecular weight excluding hydrogens is 160 g/mol. The summed E-state index contributed by atoms with van der Waals surface area (Å²) in [4.78, 5) is 0. The standard InChI is InChI=1S/C8H10O2.H2S/c1-2-10-8-5-3-7(9)4-6-8;/h3-6,9H,2H2,1H3;1H2. The monoisotopic (exact) mass is 172 g/mol. The Morgan fingerprint density at radius 1 is 1.27 bits per heavy atom. The molecule has 1 aromatic rings. The molecule has 0 unspecified atom stereocenters. The molecule has 0 spiro atoms. The fourth-order valence-electron chi connectivity index (χ4n) is 0.709. The van der Waals surface area contributed by atoms with Crippen molar-refractivity contribution in [2.24, 2.45) is 0 Å². The number of hydrogen-bond acceptors (Lipinski definition) is 2.